The molecule has 3 heterocycles. The van der Waals surface area contributed by atoms with Crippen molar-refractivity contribution in [2.24, 2.45) is 5.73 Å². The molecule has 1 saturated heterocycles. The SMILES string of the molecule is COc1ncnc2c1c(C(N)=O)cn2[C@@H]1O[C@](F)(CO)[C@@H](O)[C@H]1O. The summed E-state index contributed by atoms with van der Waals surface area (Å²) in [4.78, 5) is 19.5. The largest absolute Gasteiger partial charge is 0.480 e. The number of hydrogen-bond acceptors (Lipinski definition) is 8. The van der Waals surface area contributed by atoms with Gasteiger partial charge in [-0.05, 0) is 0 Å². The highest BCUT2D eigenvalue weighted by atomic mass is 19.2. The standard InChI is InChI=1S/C13H15FN4O6/c1-23-11-6-5(9(15)22)2-18(10(6)16-4-17-11)12-7(20)8(21)13(14,3-19)24-12/h2,4,7-8,12,19-21H,3H2,1H3,(H2,15,22)/t7-,8+,12-,13-/m1/s1. The van der Waals surface area contributed by atoms with Gasteiger partial charge in [-0.25, -0.2) is 14.4 Å². The smallest absolute Gasteiger partial charge is 0.263 e. The van der Waals surface area contributed by atoms with Crippen LogP contribution in [0.15, 0.2) is 12.5 Å². The third-order valence-corrected chi connectivity index (χ3v) is 3.90. The van der Waals surface area contributed by atoms with Gasteiger partial charge in [-0.2, -0.15) is 0 Å². The van der Waals surface area contributed by atoms with E-state index in [2.05, 4.69) is 9.97 Å². The van der Waals surface area contributed by atoms with Gasteiger partial charge in [-0.3, -0.25) is 4.79 Å². The van der Waals surface area contributed by atoms with Crippen molar-refractivity contribution < 1.29 is 34.0 Å². The maximum Gasteiger partial charge on any atom is 0.263 e. The number of nitrogens with two attached hydrogens (primary N) is 1. The number of halogens is 1. The highest BCUT2D eigenvalue weighted by molar-refractivity contribution is 6.07. The van der Waals surface area contributed by atoms with Crippen LogP contribution in [0.1, 0.15) is 16.6 Å². The van der Waals surface area contributed by atoms with Gasteiger partial charge < -0.3 is 35.1 Å². The number of rotatable bonds is 4. The van der Waals surface area contributed by atoms with Crippen molar-refractivity contribution in [3.05, 3.63) is 18.1 Å². The van der Waals surface area contributed by atoms with Crippen molar-refractivity contribution >= 4 is 16.9 Å². The van der Waals surface area contributed by atoms with Gasteiger partial charge in [0.15, 0.2) is 6.23 Å². The molecule has 2 aromatic heterocycles. The van der Waals surface area contributed by atoms with E-state index < -0.39 is 36.8 Å². The summed E-state index contributed by atoms with van der Waals surface area (Å²) >= 11 is 0. The first-order valence-corrected chi connectivity index (χ1v) is 6.87. The lowest BCUT2D eigenvalue weighted by Gasteiger charge is -2.20. The Morgan fingerprint density at radius 1 is 1.54 bits per heavy atom. The molecule has 130 valence electrons. The third-order valence-electron chi connectivity index (χ3n) is 3.90. The molecule has 0 spiro atoms. The van der Waals surface area contributed by atoms with Crippen LogP contribution in [0.25, 0.3) is 11.0 Å². The predicted molar refractivity (Wildman–Crippen MR) is 75.7 cm³/mol. The Morgan fingerprint density at radius 3 is 2.79 bits per heavy atom. The molecule has 1 fully saturated rings. The van der Waals surface area contributed by atoms with E-state index in [0.717, 1.165) is 10.9 Å². The summed E-state index contributed by atoms with van der Waals surface area (Å²) in [7, 11) is 1.33. The van der Waals surface area contributed by atoms with Crippen molar-refractivity contribution in [2.75, 3.05) is 13.7 Å². The fourth-order valence-corrected chi connectivity index (χ4v) is 2.70. The van der Waals surface area contributed by atoms with Crippen LogP contribution in [0, 0.1) is 0 Å². The molecular weight excluding hydrogens is 327 g/mol. The summed E-state index contributed by atoms with van der Waals surface area (Å²) < 4.78 is 25.5. The Morgan fingerprint density at radius 2 is 2.25 bits per heavy atom. The summed E-state index contributed by atoms with van der Waals surface area (Å²) in [6.45, 7) is -1.16. The first-order valence-electron chi connectivity index (χ1n) is 6.87. The highest BCUT2D eigenvalue weighted by Gasteiger charge is 2.56. The summed E-state index contributed by atoms with van der Waals surface area (Å²) in [5.74, 6) is -3.63. The Hall–Kier alpha value is -2.34. The number of primary amides is 1. The highest BCUT2D eigenvalue weighted by Crippen LogP contribution is 2.40. The average molecular weight is 342 g/mol. The predicted octanol–water partition coefficient (Wildman–Crippen LogP) is -1.55. The van der Waals surface area contributed by atoms with Gasteiger partial charge in [-0.1, -0.05) is 0 Å². The summed E-state index contributed by atoms with van der Waals surface area (Å²) in [6.07, 6.45) is -2.85. The second-order valence-electron chi connectivity index (χ2n) is 5.28. The number of aromatic nitrogens is 3. The molecule has 1 aliphatic rings. The molecule has 3 rings (SSSR count). The minimum atomic E-state index is -2.86. The molecule has 0 saturated carbocycles. The Balaban J connectivity index is 2.19. The molecule has 1 aliphatic heterocycles. The van der Waals surface area contributed by atoms with E-state index in [1.54, 1.807) is 0 Å². The van der Waals surface area contributed by atoms with Gasteiger partial charge in [0.1, 0.15) is 30.8 Å². The number of fused-ring (bicyclic) bond motifs is 1. The molecule has 10 nitrogen and oxygen atoms in total. The van der Waals surface area contributed by atoms with Crippen molar-refractivity contribution in [1.82, 2.24) is 14.5 Å². The van der Waals surface area contributed by atoms with E-state index in [-0.39, 0.29) is 22.5 Å². The maximum absolute atomic E-state index is 14.3. The van der Waals surface area contributed by atoms with E-state index >= 15 is 0 Å². The first-order chi connectivity index (χ1) is 11.3. The van der Waals surface area contributed by atoms with Crippen LogP contribution in [-0.2, 0) is 4.74 Å². The van der Waals surface area contributed by atoms with E-state index in [0.29, 0.717) is 0 Å². The molecule has 0 bridgehead atoms. The van der Waals surface area contributed by atoms with Crippen molar-refractivity contribution in [1.29, 1.82) is 0 Å². The lowest BCUT2D eigenvalue weighted by atomic mass is 10.1. The number of aliphatic hydroxyl groups is 3. The van der Waals surface area contributed by atoms with Gasteiger partial charge in [0.25, 0.3) is 11.8 Å². The van der Waals surface area contributed by atoms with Gasteiger partial charge in [0.05, 0.1) is 18.1 Å². The zero-order valence-electron chi connectivity index (χ0n) is 12.5. The quantitative estimate of drug-likeness (QED) is 0.521. The number of nitrogens with zero attached hydrogens (tertiary/aromatic N) is 3. The van der Waals surface area contributed by atoms with Crippen LogP contribution in [0.2, 0.25) is 0 Å². The zero-order valence-corrected chi connectivity index (χ0v) is 12.5. The van der Waals surface area contributed by atoms with E-state index in [9.17, 15) is 19.4 Å². The molecular formula is C13H15FN4O6. The lowest BCUT2D eigenvalue weighted by Crippen LogP contribution is -2.42. The number of amides is 1. The minimum Gasteiger partial charge on any atom is -0.480 e. The van der Waals surface area contributed by atoms with Crippen molar-refractivity contribution in [3.63, 3.8) is 0 Å². The normalized spacial score (nSPS) is 30.0. The van der Waals surface area contributed by atoms with Gasteiger partial charge in [0.2, 0.25) is 5.88 Å². The lowest BCUT2D eigenvalue weighted by molar-refractivity contribution is -0.206. The number of carbonyl (C=O) groups excluding carboxylic acids is 1. The first kappa shape index (κ1) is 16.5. The van der Waals surface area contributed by atoms with E-state index in [1.165, 1.54) is 13.3 Å². The number of carbonyl (C=O) groups is 1. The summed E-state index contributed by atoms with van der Waals surface area (Å²) in [6, 6.07) is 0. The molecule has 24 heavy (non-hydrogen) atoms. The number of hydrogen-bond donors (Lipinski definition) is 4. The number of alkyl halides is 1. The molecule has 0 unspecified atom stereocenters. The maximum atomic E-state index is 14.3. The molecule has 0 radical (unpaired) electrons. The van der Waals surface area contributed by atoms with Crippen LogP contribution in [-0.4, -0.2) is 67.5 Å². The number of ether oxygens (including phenoxy) is 2. The Kier molecular flexibility index (Phi) is 3.87. The Bertz CT molecular complexity index is 798. The molecule has 0 aliphatic carbocycles. The summed E-state index contributed by atoms with van der Waals surface area (Å²) in [5, 5.41) is 29.1. The third kappa shape index (κ3) is 2.21. The molecule has 11 heteroatoms. The average Bonchev–Trinajstić information content (AvgIpc) is 3.07. The minimum absolute atomic E-state index is 0.0342. The Labute approximate surface area is 134 Å². The second kappa shape index (κ2) is 5.63. The second-order valence-corrected chi connectivity index (χ2v) is 5.28. The fourth-order valence-electron chi connectivity index (χ4n) is 2.70. The zero-order chi connectivity index (χ0) is 17.6. The van der Waals surface area contributed by atoms with Crippen LogP contribution < -0.4 is 10.5 Å². The molecule has 5 N–H and O–H groups in total. The van der Waals surface area contributed by atoms with Crippen molar-refractivity contribution in [3.8, 4) is 5.88 Å². The van der Waals surface area contributed by atoms with Gasteiger partial charge in [0, 0.05) is 6.20 Å². The summed E-state index contributed by atoms with van der Waals surface area (Å²) in [5.41, 5.74) is 5.37. The number of aliphatic hydroxyl groups excluding tert-OH is 3. The fraction of sp³-hybridized carbons (Fsp3) is 0.462. The molecule has 2 aromatic rings. The monoisotopic (exact) mass is 342 g/mol. The molecule has 0 aromatic carbocycles. The number of methoxy groups -OCH3 is 1. The van der Waals surface area contributed by atoms with Crippen LogP contribution in [0.3, 0.4) is 0 Å². The van der Waals surface area contributed by atoms with Gasteiger partial charge in [-0.15, -0.1) is 0 Å². The van der Waals surface area contributed by atoms with E-state index in [4.69, 9.17) is 20.3 Å². The van der Waals surface area contributed by atoms with E-state index in [1.807, 2.05) is 0 Å². The van der Waals surface area contributed by atoms with Crippen LogP contribution in [0.4, 0.5) is 4.39 Å². The topological polar surface area (TPSA) is 153 Å². The van der Waals surface area contributed by atoms with Crippen LogP contribution >= 0.6 is 0 Å². The van der Waals surface area contributed by atoms with Crippen LogP contribution in [0.5, 0.6) is 5.88 Å². The molecule has 4 atom stereocenters. The van der Waals surface area contributed by atoms with Gasteiger partial charge >= 0.3 is 0 Å². The molecule has 1 amide bonds. The van der Waals surface area contributed by atoms with Crippen molar-refractivity contribution in [2.45, 2.75) is 24.3 Å².